The number of aliphatic hydroxyl groups excluding tert-OH is 1. The molecule has 6 heteroatoms. The van der Waals surface area contributed by atoms with Crippen molar-refractivity contribution in [1.29, 1.82) is 0 Å². The van der Waals surface area contributed by atoms with E-state index < -0.39 is 6.10 Å². The molecule has 0 radical (unpaired) electrons. The van der Waals surface area contributed by atoms with E-state index in [0.29, 0.717) is 5.69 Å². The third-order valence-electron chi connectivity index (χ3n) is 3.02. The molecular weight excluding hydrogens is 262 g/mol. The fraction of sp³-hybridized carbons (Fsp3) is 0.231. The molecule has 98 valence electrons. The molecule has 3 rings (SSSR count). The lowest BCUT2D eigenvalue weighted by molar-refractivity contribution is -0.138. The maximum Gasteiger partial charge on any atom is 0.257 e. The van der Waals surface area contributed by atoms with Gasteiger partial charge in [-0.2, -0.15) is 0 Å². The number of rotatable bonds is 2. The first-order valence-electron chi connectivity index (χ1n) is 5.83. The van der Waals surface area contributed by atoms with Gasteiger partial charge in [-0.3, -0.25) is 9.20 Å². The maximum absolute atomic E-state index is 11.9. The predicted octanol–water partition coefficient (Wildman–Crippen LogP) is 1.67. The standard InChI is InChI=1S/C13H13N3O2S/c1-15(2)12(18)11(17)9-7-14-13-16(9)8-5-3-4-6-10(8)19-13/h3-7,11,17H,1-2H3. The first-order valence-corrected chi connectivity index (χ1v) is 6.65. The van der Waals surface area contributed by atoms with Crippen molar-refractivity contribution in [2.75, 3.05) is 14.1 Å². The van der Waals surface area contributed by atoms with Crippen LogP contribution in [0.2, 0.25) is 0 Å². The topological polar surface area (TPSA) is 57.8 Å². The van der Waals surface area contributed by atoms with Gasteiger partial charge in [0.2, 0.25) is 0 Å². The number of carbonyl (C=O) groups is 1. The fourth-order valence-corrected chi connectivity index (χ4v) is 3.06. The van der Waals surface area contributed by atoms with Crippen LogP contribution in [0.15, 0.2) is 30.5 Å². The number of amides is 1. The smallest absolute Gasteiger partial charge is 0.257 e. The Morgan fingerprint density at radius 3 is 2.89 bits per heavy atom. The highest BCUT2D eigenvalue weighted by atomic mass is 32.1. The molecule has 3 aromatic rings. The summed E-state index contributed by atoms with van der Waals surface area (Å²) in [4.78, 5) is 18.3. The van der Waals surface area contributed by atoms with E-state index >= 15 is 0 Å². The number of hydrogen-bond acceptors (Lipinski definition) is 4. The number of fused-ring (bicyclic) bond motifs is 3. The largest absolute Gasteiger partial charge is 0.377 e. The minimum absolute atomic E-state index is 0.350. The van der Waals surface area contributed by atoms with Crippen molar-refractivity contribution >= 4 is 32.4 Å². The summed E-state index contributed by atoms with van der Waals surface area (Å²) in [5, 5.41) is 10.2. The molecule has 2 aromatic heterocycles. The quantitative estimate of drug-likeness (QED) is 0.774. The van der Waals surface area contributed by atoms with Crippen molar-refractivity contribution in [3.05, 3.63) is 36.2 Å². The van der Waals surface area contributed by atoms with Gasteiger partial charge in [0.05, 0.1) is 22.1 Å². The Morgan fingerprint density at radius 2 is 2.16 bits per heavy atom. The average Bonchev–Trinajstić information content (AvgIpc) is 2.95. The van der Waals surface area contributed by atoms with Gasteiger partial charge in [0.1, 0.15) is 0 Å². The van der Waals surface area contributed by atoms with Gasteiger partial charge in [0, 0.05) is 14.1 Å². The molecule has 1 N–H and O–H groups in total. The van der Waals surface area contributed by atoms with E-state index in [2.05, 4.69) is 4.98 Å². The monoisotopic (exact) mass is 275 g/mol. The van der Waals surface area contributed by atoms with Gasteiger partial charge < -0.3 is 10.0 Å². The van der Waals surface area contributed by atoms with Crippen molar-refractivity contribution in [3.8, 4) is 0 Å². The number of para-hydroxylation sites is 1. The van der Waals surface area contributed by atoms with Crippen LogP contribution in [0.3, 0.4) is 0 Å². The molecule has 1 amide bonds. The SMILES string of the molecule is CN(C)C(=O)C(O)c1cnc2sc3ccccc3n12. The molecule has 5 nitrogen and oxygen atoms in total. The molecular formula is C13H13N3O2S. The normalized spacial score (nSPS) is 13.0. The third-order valence-corrected chi connectivity index (χ3v) is 4.05. The van der Waals surface area contributed by atoms with E-state index in [4.69, 9.17) is 0 Å². The lowest BCUT2D eigenvalue weighted by atomic mass is 10.2. The van der Waals surface area contributed by atoms with Crippen LogP contribution in [-0.2, 0) is 4.79 Å². The van der Waals surface area contributed by atoms with E-state index in [-0.39, 0.29) is 5.91 Å². The second-order valence-corrected chi connectivity index (χ2v) is 5.52. The molecule has 1 atom stereocenters. The summed E-state index contributed by atoms with van der Waals surface area (Å²) in [6.45, 7) is 0. The highest BCUT2D eigenvalue weighted by Crippen LogP contribution is 2.29. The highest BCUT2D eigenvalue weighted by molar-refractivity contribution is 7.23. The first-order chi connectivity index (χ1) is 9.09. The molecule has 0 aliphatic rings. The van der Waals surface area contributed by atoms with Gasteiger partial charge >= 0.3 is 0 Å². The molecule has 1 aromatic carbocycles. The van der Waals surface area contributed by atoms with Gasteiger partial charge in [0.25, 0.3) is 5.91 Å². The molecule has 2 heterocycles. The summed E-state index contributed by atoms with van der Waals surface area (Å²) in [5.41, 5.74) is 1.46. The molecule has 0 aliphatic carbocycles. The van der Waals surface area contributed by atoms with E-state index in [1.165, 1.54) is 16.2 Å². The fourth-order valence-electron chi connectivity index (χ4n) is 2.05. The summed E-state index contributed by atoms with van der Waals surface area (Å²) < 4.78 is 2.92. The molecule has 0 aliphatic heterocycles. The van der Waals surface area contributed by atoms with Crippen LogP contribution >= 0.6 is 11.3 Å². The molecule has 0 spiro atoms. The van der Waals surface area contributed by atoms with Gasteiger partial charge in [-0.05, 0) is 12.1 Å². The summed E-state index contributed by atoms with van der Waals surface area (Å²) in [5.74, 6) is -0.350. The van der Waals surface area contributed by atoms with Crippen molar-refractivity contribution < 1.29 is 9.90 Å². The van der Waals surface area contributed by atoms with Crippen LogP contribution < -0.4 is 0 Å². The molecule has 1 unspecified atom stereocenters. The molecule has 0 fully saturated rings. The minimum atomic E-state index is -1.19. The van der Waals surface area contributed by atoms with Crippen LogP contribution in [-0.4, -0.2) is 39.4 Å². The van der Waals surface area contributed by atoms with Gasteiger partial charge in [-0.15, -0.1) is 0 Å². The van der Waals surface area contributed by atoms with Gasteiger partial charge in [0.15, 0.2) is 11.1 Å². The van der Waals surface area contributed by atoms with E-state index in [0.717, 1.165) is 15.2 Å². The van der Waals surface area contributed by atoms with Crippen LogP contribution in [0.25, 0.3) is 15.2 Å². The Bertz CT molecular complexity index is 760. The van der Waals surface area contributed by atoms with Crippen LogP contribution in [0.5, 0.6) is 0 Å². The van der Waals surface area contributed by atoms with Gasteiger partial charge in [-0.25, -0.2) is 4.98 Å². The third kappa shape index (κ3) is 1.80. The summed E-state index contributed by atoms with van der Waals surface area (Å²) >= 11 is 1.54. The first kappa shape index (κ1) is 12.1. The van der Waals surface area contributed by atoms with E-state index in [9.17, 15) is 9.90 Å². The Kier molecular flexibility index (Phi) is 2.76. The Labute approximate surface area is 113 Å². The summed E-state index contributed by atoms with van der Waals surface area (Å²) in [7, 11) is 3.24. The summed E-state index contributed by atoms with van der Waals surface area (Å²) in [6, 6.07) is 7.84. The van der Waals surface area contributed by atoms with E-state index in [1.807, 2.05) is 28.7 Å². The van der Waals surface area contributed by atoms with Crippen LogP contribution in [0.1, 0.15) is 11.8 Å². The zero-order valence-electron chi connectivity index (χ0n) is 10.6. The molecule has 0 saturated heterocycles. The lowest BCUT2D eigenvalue weighted by Crippen LogP contribution is -2.28. The number of aromatic nitrogens is 2. The number of thiazole rings is 1. The number of hydrogen-bond donors (Lipinski definition) is 1. The number of benzene rings is 1. The predicted molar refractivity (Wildman–Crippen MR) is 74.2 cm³/mol. The Morgan fingerprint density at radius 1 is 1.42 bits per heavy atom. The van der Waals surface area contributed by atoms with Crippen molar-refractivity contribution in [2.45, 2.75) is 6.10 Å². The number of carbonyl (C=O) groups excluding carboxylic acids is 1. The van der Waals surface area contributed by atoms with Gasteiger partial charge in [-0.1, -0.05) is 23.5 Å². The van der Waals surface area contributed by atoms with Crippen molar-refractivity contribution in [3.63, 3.8) is 0 Å². The molecule has 19 heavy (non-hydrogen) atoms. The van der Waals surface area contributed by atoms with E-state index in [1.54, 1.807) is 20.3 Å². The van der Waals surface area contributed by atoms with Crippen molar-refractivity contribution in [1.82, 2.24) is 14.3 Å². The molecule has 0 saturated carbocycles. The Balaban J connectivity index is 2.21. The van der Waals surface area contributed by atoms with Crippen LogP contribution in [0.4, 0.5) is 0 Å². The average molecular weight is 275 g/mol. The zero-order chi connectivity index (χ0) is 13.6. The summed E-state index contributed by atoms with van der Waals surface area (Å²) in [6.07, 6.45) is 0.368. The second-order valence-electron chi connectivity index (χ2n) is 4.51. The lowest BCUT2D eigenvalue weighted by Gasteiger charge is -2.15. The number of aliphatic hydroxyl groups is 1. The van der Waals surface area contributed by atoms with Crippen molar-refractivity contribution in [2.24, 2.45) is 0 Å². The number of imidazole rings is 1. The van der Waals surface area contributed by atoms with Crippen LogP contribution in [0, 0.1) is 0 Å². The number of likely N-dealkylation sites (N-methyl/N-ethyl adjacent to an activating group) is 1. The Hall–Kier alpha value is -1.92. The zero-order valence-corrected chi connectivity index (χ0v) is 11.4. The molecule has 0 bridgehead atoms. The number of nitrogens with zero attached hydrogens (tertiary/aromatic N) is 3. The maximum atomic E-state index is 11.9. The highest BCUT2D eigenvalue weighted by Gasteiger charge is 2.24. The second kappa shape index (κ2) is 4.32. The minimum Gasteiger partial charge on any atom is -0.377 e.